The minimum atomic E-state index is -3.47. The number of Topliss-reactive ketones (excluding diaryl/α,β-unsaturated/α-hetero) is 1. The Hall–Kier alpha value is -1.92. The monoisotopic (exact) mass is 315 g/mol. The van der Waals surface area contributed by atoms with Gasteiger partial charge in [0.25, 0.3) is 0 Å². The molecule has 0 aliphatic carbocycles. The number of hydrogen-bond donors (Lipinski definition) is 1. The molecule has 0 saturated carbocycles. The van der Waals surface area contributed by atoms with Gasteiger partial charge < -0.3 is 5.02 Å². The quantitative estimate of drug-likeness (QED) is 0.644. The topological polar surface area (TPSA) is 71.4 Å². The summed E-state index contributed by atoms with van der Waals surface area (Å²) in [5, 5.41) is 8.94. The fourth-order valence-corrected chi connectivity index (χ4v) is 3.27. The van der Waals surface area contributed by atoms with E-state index in [1.165, 1.54) is 6.07 Å². The molecule has 0 unspecified atom stereocenters. The van der Waals surface area contributed by atoms with Gasteiger partial charge in [-0.15, -0.1) is 0 Å². The van der Waals surface area contributed by atoms with E-state index in [1.807, 2.05) is 6.92 Å². The van der Waals surface area contributed by atoms with Crippen LogP contribution in [0.4, 0.5) is 0 Å². The Kier molecular flexibility index (Phi) is 5.16. The van der Waals surface area contributed by atoms with Crippen molar-refractivity contribution >= 4 is 28.6 Å². The van der Waals surface area contributed by atoms with E-state index < -0.39 is 9.84 Å². The molecule has 0 saturated heterocycles. The van der Waals surface area contributed by atoms with Crippen molar-refractivity contribution in [2.24, 2.45) is 0 Å². The number of benzene rings is 2. The van der Waals surface area contributed by atoms with Crippen LogP contribution in [0.5, 0.6) is 0 Å². The number of ketones is 1. The van der Waals surface area contributed by atoms with E-state index in [1.54, 1.807) is 42.5 Å². The summed E-state index contributed by atoms with van der Waals surface area (Å²) in [6.07, 6.45) is -0.0922. The predicted octanol–water partition coefficient (Wildman–Crippen LogP) is 1.28. The third-order valence-electron chi connectivity index (χ3n) is 3.34. The maximum absolute atomic E-state index is 12.2. The summed E-state index contributed by atoms with van der Waals surface area (Å²) in [4.78, 5) is 12.3. The third kappa shape index (κ3) is 4.05. The highest BCUT2D eigenvalue weighted by molar-refractivity contribution is 7.91. The molecule has 1 radical (unpaired) electrons. The van der Waals surface area contributed by atoms with E-state index in [4.69, 9.17) is 5.02 Å². The highest BCUT2D eigenvalue weighted by Gasteiger charge is 2.17. The molecule has 0 aliphatic heterocycles. The number of hydrogen-bond acceptors (Lipinski definition) is 4. The van der Waals surface area contributed by atoms with E-state index in [2.05, 4.69) is 0 Å². The number of carbonyl (C=O) groups excluding carboxylic acids is 1. The molecule has 0 fully saturated rings. The number of aryl methyl sites for hydroxylation is 1. The van der Waals surface area contributed by atoms with Crippen molar-refractivity contribution in [2.75, 3.05) is 5.75 Å². The fourth-order valence-electron chi connectivity index (χ4n) is 2.03. The molecule has 4 nitrogen and oxygen atoms in total. The fraction of sp³-hybridized carbons (Fsp3) is 0.188. The summed E-state index contributed by atoms with van der Waals surface area (Å²) in [5.74, 6) is -0.499. The lowest BCUT2D eigenvalue weighted by atomic mass is 9.87. The molecule has 2 aromatic rings. The van der Waals surface area contributed by atoms with E-state index in [9.17, 15) is 13.2 Å². The predicted molar refractivity (Wildman–Crippen MR) is 86.2 cm³/mol. The van der Waals surface area contributed by atoms with Crippen LogP contribution in [0.3, 0.4) is 0 Å². The van der Waals surface area contributed by atoms with Crippen LogP contribution < -0.4 is 5.46 Å². The van der Waals surface area contributed by atoms with E-state index in [0.717, 1.165) is 13.0 Å². The standard InChI is InChI=1S/C16H16BO4S/c1-12-5-7-15(8-6-12)22(20,21)10-9-16(18)13-3-2-4-14(11-13)17-19/h2-8,11,19H,9-10H2,1H3. The Bertz CT molecular complexity index is 767. The number of sulfone groups is 1. The zero-order valence-corrected chi connectivity index (χ0v) is 13.0. The van der Waals surface area contributed by atoms with E-state index in [-0.39, 0.29) is 22.9 Å². The van der Waals surface area contributed by atoms with Crippen molar-refractivity contribution in [2.45, 2.75) is 18.2 Å². The van der Waals surface area contributed by atoms with E-state index in [0.29, 0.717) is 11.0 Å². The Morgan fingerprint density at radius 3 is 2.45 bits per heavy atom. The minimum Gasteiger partial charge on any atom is -0.450 e. The van der Waals surface area contributed by atoms with Gasteiger partial charge >= 0.3 is 7.48 Å². The molecule has 0 aliphatic rings. The SMILES string of the molecule is Cc1ccc(S(=O)(=O)CCC(=O)c2cccc([B]O)c2)cc1. The van der Waals surface area contributed by atoms with Crippen LogP contribution in [-0.2, 0) is 9.84 Å². The van der Waals surface area contributed by atoms with Gasteiger partial charge in [0.1, 0.15) is 0 Å². The molecule has 0 bridgehead atoms. The van der Waals surface area contributed by atoms with Crippen LogP contribution >= 0.6 is 0 Å². The van der Waals surface area contributed by atoms with Crippen molar-refractivity contribution in [3.05, 3.63) is 59.7 Å². The Labute approximate surface area is 131 Å². The number of rotatable bonds is 6. The Balaban J connectivity index is 2.08. The first-order valence-corrected chi connectivity index (χ1v) is 8.48. The van der Waals surface area contributed by atoms with Crippen molar-refractivity contribution in [1.29, 1.82) is 0 Å². The molecule has 0 atom stereocenters. The smallest absolute Gasteiger partial charge is 0.326 e. The normalized spacial score (nSPS) is 11.2. The largest absolute Gasteiger partial charge is 0.450 e. The first-order chi connectivity index (χ1) is 10.4. The molecule has 0 aromatic heterocycles. The van der Waals surface area contributed by atoms with Gasteiger partial charge in [-0.2, -0.15) is 0 Å². The van der Waals surface area contributed by atoms with Gasteiger partial charge in [-0.3, -0.25) is 4.79 Å². The molecule has 113 valence electrons. The second kappa shape index (κ2) is 6.90. The second-order valence-corrected chi connectivity index (χ2v) is 7.17. The molecule has 0 amide bonds. The third-order valence-corrected chi connectivity index (χ3v) is 5.07. The maximum atomic E-state index is 12.2. The molecule has 0 spiro atoms. The zero-order chi connectivity index (χ0) is 16.2. The number of carbonyl (C=O) groups is 1. The molecule has 1 N–H and O–H groups in total. The summed E-state index contributed by atoms with van der Waals surface area (Å²) in [6.45, 7) is 1.88. The van der Waals surface area contributed by atoms with E-state index >= 15 is 0 Å². The zero-order valence-electron chi connectivity index (χ0n) is 12.2. The van der Waals surface area contributed by atoms with Crippen LogP contribution in [0.1, 0.15) is 22.3 Å². The van der Waals surface area contributed by atoms with Gasteiger partial charge in [0.15, 0.2) is 15.6 Å². The average Bonchev–Trinajstić information content (AvgIpc) is 2.53. The highest BCUT2D eigenvalue weighted by atomic mass is 32.2. The van der Waals surface area contributed by atoms with Crippen LogP contribution in [-0.4, -0.2) is 32.5 Å². The van der Waals surface area contributed by atoms with Crippen molar-refractivity contribution in [1.82, 2.24) is 0 Å². The summed E-state index contributed by atoms with van der Waals surface area (Å²) in [5.41, 5.74) is 1.88. The summed E-state index contributed by atoms with van der Waals surface area (Å²) >= 11 is 0. The maximum Gasteiger partial charge on any atom is 0.326 e. The van der Waals surface area contributed by atoms with Gasteiger partial charge in [0, 0.05) is 12.0 Å². The lowest BCUT2D eigenvalue weighted by Gasteiger charge is -2.05. The van der Waals surface area contributed by atoms with Crippen molar-refractivity contribution < 1.29 is 18.2 Å². The summed E-state index contributed by atoms with van der Waals surface area (Å²) in [7, 11) is -2.57. The van der Waals surface area contributed by atoms with Gasteiger partial charge in [-0.1, -0.05) is 47.4 Å². The van der Waals surface area contributed by atoms with Gasteiger partial charge in [0.05, 0.1) is 10.6 Å². The van der Waals surface area contributed by atoms with Gasteiger partial charge in [0.2, 0.25) is 0 Å². The molecular weight excluding hydrogens is 299 g/mol. The van der Waals surface area contributed by atoms with Crippen LogP contribution in [0.2, 0.25) is 0 Å². The first-order valence-electron chi connectivity index (χ1n) is 6.82. The molecular formula is C16H16BO4S. The lowest BCUT2D eigenvalue weighted by molar-refractivity contribution is 0.0989. The minimum absolute atomic E-state index is 0.0922. The van der Waals surface area contributed by atoms with Gasteiger partial charge in [-0.05, 0) is 19.1 Å². The first kappa shape index (κ1) is 16.5. The Morgan fingerprint density at radius 1 is 1.14 bits per heavy atom. The van der Waals surface area contributed by atoms with Crippen molar-refractivity contribution in [3.63, 3.8) is 0 Å². The average molecular weight is 315 g/mol. The molecule has 2 rings (SSSR count). The van der Waals surface area contributed by atoms with Crippen LogP contribution in [0.25, 0.3) is 0 Å². The molecule has 2 aromatic carbocycles. The van der Waals surface area contributed by atoms with Gasteiger partial charge in [-0.25, -0.2) is 8.42 Å². The molecule has 0 heterocycles. The highest BCUT2D eigenvalue weighted by Crippen LogP contribution is 2.14. The lowest BCUT2D eigenvalue weighted by Crippen LogP contribution is -2.16. The Morgan fingerprint density at radius 2 is 1.82 bits per heavy atom. The molecule has 22 heavy (non-hydrogen) atoms. The molecule has 6 heteroatoms. The summed E-state index contributed by atoms with van der Waals surface area (Å²) in [6, 6.07) is 13.0. The van der Waals surface area contributed by atoms with Crippen LogP contribution in [0, 0.1) is 6.92 Å². The van der Waals surface area contributed by atoms with Crippen molar-refractivity contribution in [3.8, 4) is 0 Å². The second-order valence-electron chi connectivity index (χ2n) is 5.06. The summed E-state index contributed by atoms with van der Waals surface area (Å²) < 4.78 is 24.4. The van der Waals surface area contributed by atoms with Crippen LogP contribution in [0.15, 0.2) is 53.4 Å².